The molecule has 6 aromatic rings. The Labute approximate surface area is 418 Å². The fourth-order valence-electron chi connectivity index (χ4n) is 17.5. The summed E-state index contributed by atoms with van der Waals surface area (Å²) in [6.45, 7) is 31.2. The highest BCUT2D eigenvalue weighted by Crippen LogP contribution is 2.74. The summed E-state index contributed by atoms with van der Waals surface area (Å²) in [5.41, 5.74) is 18.3. The molecule has 69 heavy (non-hydrogen) atoms. The maximum atomic E-state index is 6.42. The smallest absolute Gasteiger partial charge is 0.266 e. The quantitative estimate of drug-likeness (QED) is 0.165. The van der Waals surface area contributed by atoms with E-state index in [4.69, 9.17) is 4.98 Å². The first kappa shape index (κ1) is 43.4. The van der Waals surface area contributed by atoms with Crippen LogP contribution in [0.2, 0.25) is 0 Å². The average Bonchev–Trinajstić information content (AvgIpc) is 3.75. The molecule has 0 unspecified atom stereocenters. The van der Waals surface area contributed by atoms with Gasteiger partial charge in [-0.3, -0.25) is 4.90 Å². The fraction of sp³-hybridized carbons (Fsp3) is 0.516. The largest absolute Gasteiger partial charge is 0.311 e. The third kappa shape index (κ3) is 5.95. The van der Waals surface area contributed by atoms with Crippen molar-refractivity contribution in [1.29, 1.82) is 0 Å². The SMILES string of the molecule is CC(C)(C)c1ccc(N2c3ccc(C(C)(C)C)cc3B3c4sc5ccc(C(C)(C)C)cc5c4N(c4ccc5c(c4)C(C)(C)CC5(C)C)c4nc([C@]56CC7C8CC9C[C@@H]7C(C5)[C@@H](C9)C8C6)cc2c43)cc1. The maximum Gasteiger partial charge on any atom is 0.266 e. The zero-order chi connectivity index (χ0) is 47.9. The van der Waals surface area contributed by atoms with Gasteiger partial charge in [-0.1, -0.05) is 126 Å². The molecule has 2 aliphatic heterocycles. The third-order valence-corrected chi connectivity index (χ3v) is 21.6. The second kappa shape index (κ2) is 13.6. The molecule has 0 spiro atoms. The van der Waals surface area contributed by atoms with Crippen LogP contribution in [-0.4, -0.2) is 11.7 Å². The molecule has 0 amide bonds. The number of anilines is 6. The van der Waals surface area contributed by atoms with Crippen LogP contribution in [0.1, 0.15) is 168 Å². The first-order valence-electron chi connectivity index (χ1n) is 27.1. The third-order valence-electron chi connectivity index (χ3n) is 20.4. The molecule has 4 aromatic carbocycles. The topological polar surface area (TPSA) is 19.4 Å². The molecule has 8 aliphatic carbocycles. The lowest BCUT2D eigenvalue weighted by Crippen LogP contribution is -2.66. The molecular weight excluding hydrogens is 854 g/mol. The Kier molecular flexibility index (Phi) is 8.55. The van der Waals surface area contributed by atoms with Crippen LogP contribution in [-0.2, 0) is 32.5 Å². The van der Waals surface area contributed by atoms with Crippen molar-refractivity contribution >= 4 is 78.1 Å². The van der Waals surface area contributed by atoms with Crippen molar-refractivity contribution in [3.63, 3.8) is 0 Å². The van der Waals surface area contributed by atoms with Gasteiger partial charge in [-0.25, -0.2) is 4.98 Å². The van der Waals surface area contributed by atoms with Crippen molar-refractivity contribution < 1.29 is 0 Å². The molecule has 10 aliphatic rings. The Hall–Kier alpha value is -4.35. The van der Waals surface area contributed by atoms with Crippen molar-refractivity contribution in [2.45, 2.75) is 167 Å². The summed E-state index contributed by atoms with van der Waals surface area (Å²) < 4.78 is 2.83. The number of aromatic nitrogens is 1. The van der Waals surface area contributed by atoms with E-state index in [0.29, 0.717) is 0 Å². The summed E-state index contributed by atoms with van der Waals surface area (Å²) in [4.78, 5) is 11.8. The number of nitrogens with zero attached hydrogens (tertiary/aromatic N) is 3. The summed E-state index contributed by atoms with van der Waals surface area (Å²) in [5.74, 6) is 7.65. The van der Waals surface area contributed by atoms with Gasteiger partial charge < -0.3 is 4.90 Å². The van der Waals surface area contributed by atoms with Crippen LogP contribution in [0.15, 0.2) is 84.9 Å². The number of benzene rings is 4. The summed E-state index contributed by atoms with van der Waals surface area (Å²) in [6.07, 6.45) is 9.66. The van der Waals surface area contributed by atoms with E-state index < -0.39 is 0 Å². The van der Waals surface area contributed by atoms with Crippen molar-refractivity contribution in [3.05, 3.63) is 118 Å². The van der Waals surface area contributed by atoms with Gasteiger partial charge in [-0.05, 0) is 201 Å². The number of fused-ring (bicyclic) bond motifs is 7. The predicted molar refractivity (Wildman–Crippen MR) is 294 cm³/mol. The molecular formula is C64H74BN3S. The first-order chi connectivity index (χ1) is 32.5. The number of pyridine rings is 1. The summed E-state index contributed by atoms with van der Waals surface area (Å²) in [6, 6.07) is 34.9. The van der Waals surface area contributed by atoms with Gasteiger partial charge in [0, 0.05) is 43.0 Å². The zero-order valence-electron chi connectivity index (χ0n) is 43.9. The number of hydrogen-bond acceptors (Lipinski definition) is 4. The van der Waals surface area contributed by atoms with Gasteiger partial charge in [0.2, 0.25) is 0 Å². The highest BCUT2D eigenvalue weighted by molar-refractivity contribution is 7.33. The van der Waals surface area contributed by atoms with E-state index in [1.54, 1.807) is 0 Å². The van der Waals surface area contributed by atoms with Crippen molar-refractivity contribution in [2.75, 3.05) is 9.80 Å². The molecule has 2 aromatic heterocycles. The molecule has 7 saturated carbocycles. The van der Waals surface area contributed by atoms with Crippen molar-refractivity contribution in [1.82, 2.24) is 4.98 Å². The molecule has 0 saturated heterocycles. The minimum Gasteiger partial charge on any atom is -0.311 e. The van der Waals surface area contributed by atoms with Crippen LogP contribution in [0, 0.1) is 41.4 Å². The normalized spacial score (nSPS) is 29.5. The number of hydrogen-bond donors (Lipinski definition) is 0. The van der Waals surface area contributed by atoms with E-state index in [0.717, 1.165) is 47.8 Å². The summed E-state index contributed by atoms with van der Waals surface area (Å²) >= 11 is 2.04. The highest BCUT2D eigenvalue weighted by atomic mass is 32.1. The molecule has 0 radical (unpaired) electrons. The Morgan fingerprint density at radius 3 is 1.75 bits per heavy atom. The molecule has 4 heterocycles. The van der Waals surface area contributed by atoms with Crippen LogP contribution in [0.25, 0.3) is 10.1 Å². The first-order valence-corrected chi connectivity index (χ1v) is 27.9. The van der Waals surface area contributed by atoms with Gasteiger partial charge in [-0.15, -0.1) is 11.3 Å². The van der Waals surface area contributed by atoms with Gasteiger partial charge in [-0.2, -0.15) is 0 Å². The molecule has 3 nitrogen and oxygen atoms in total. The lowest BCUT2D eigenvalue weighted by molar-refractivity contribution is -0.213. The Morgan fingerprint density at radius 1 is 0.565 bits per heavy atom. The van der Waals surface area contributed by atoms with Crippen LogP contribution in [0.5, 0.6) is 0 Å². The van der Waals surface area contributed by atoms with Crippen molar-refractivity contribution in [2.24, 2.45) is 41.4 Å². The molecule has 7 fully saturated rings. The van der Waals surface area contributed by atoms with Crippen LogP contribution in [0.4, 0.5) is 34.3 Å². The minimum absolute atomic E-state index is 0.00695. The predicted octanol–water partition coefficient (Wildman–Crippen LogP) is 15.2. The molecule has 0 N–H and O–H groups in total. The molecule has 0 atom stereocenters. The van der Waals surface area contributed by atoms with E-state index in [2.05, 4.69) is 185 Å². The summed E-state index contributed by atoms with van der Waals surface area (Å²) in [7, 11) is 0. The lowest BCUT2D eigenvalue weighted by Gasteiger charge is -2.72. The van der Waals surface area contributed by atoms with Crippen LogP contribution in [0.3, 0.4) is 0 Å². The van der Waals surface area contributed by atoms with E-state index in [1.807, 2.05) is 11.3 Å². The van der Waals surface area contributed by atoms with Gasteiger partial charge in [0.1, 0.15) is 5.82 Å². The van der Waals surface area contributed by atoms with Gasteiger partial charge in [0.15, 0.2) is 0 Å². The number of rotatable bonds is 3. The lowest BCUT2D eigenvalue weighted by atomic mass is 9.32. The second-order valence-electron chi connectivity index (χ2n) is 28.6. The van der Waals surface area contributed by atoms with Gasteiger partial charge >= 0.3 is 0 Å². The molecule has 5 heteroatoms. The van der Waals surface area contributed by atoms with Gasteiger partial charge in [0.25, 0.3) is 6.71 Å². The summed E-state index contributed by atoms with van der Waals surface area (Å²) in [5, 5.41) is 1.37. The molecule has 8 bridgehead atoms. The molecule has 354 valence electrons. The van der Waals surface area contributed by atoms with Crippen LogP contribution >= 0.6 is 11.3 Å². The van der Waals surface area contributed by atoms with Crippen LogP contribution < -0.4 is 25.5 Å². The Bertz CT molecular complexity index is 3120. The van der Waals surface area contributed by atoms with Gasteiger partial charge in [0.05, 0.1) is 11.4 Å². The molecule has 16 rings (SSSR count). The average molecular weight is 928 g/mol. The zero-order valence-corrected chi connectivity index (χ0v) is 44.7. The Morgan fingerprint density at radius 2 is 1.13 bits per heavy atom. The van der Waals surface area contributed by atoms with E-state index in [9.17, 15) is 0 Å². The van der Waals surface area contributed by atoms with Crippen molar-refractivity contribution in [3.8, 4) is 0 Å². The minimum atomic E-state index is -0.00695. The second-order valence-corrected chi connectivity index (χ2v) is 29.7. The van der Waals surface area contributed by atoms with E-state index in [1.165, 1.54) is 132 Å². The maximum absolute atomic E-state index is 6.42. The number of thiophene rings is 1. The Balaban J connectivity index is 1.09. The highest BCUT2D eigenvalue weighted by Gasteiger charge is 2.68. The monoisotopic (exact) mass is 928 g/mol. The standard InChI is InChI=1S/C64H74BN3S/c1-59(2,3)36-14-18-39(19-15-36)67-51-22-16-38(61(7,8)9)28-50(51)65-55-52(67)30-54(64-31-45-41-24-35-25-42(45)47(33-64)43(26-35)46(41)32-64)66-58(55)68(40-20-21-48-49(29-40)63(12,13)34-62(48,10)11)56-44-27-37(60(4,5)6)17-23-53(44)69-57(56)65/h14-23,27-30,35,41-43,45-47H,24-26,31-34H2,1-13H3/t35?,41-,42-,43?,45?,46?,47?,64-/m1/s1. The fourth-order valence-corrected chi connectivity index (χ4v) is 18.8. The van der Waals surface area contributed by atoms with E-state index >= 15 is 0 Å². The van der Waals surface area contributed by atoms with E-state index in [-0.39, 0.29) is 39.2 Å².